The lowest BCUT2D eigenvalue weighted by Crippen LogP contribution is -2.40. The molecule has 0 spiro atoms. The predicted octanol–water partition coefficient (Wildman–Crippen LogP) is -1.33. The van der Waals surface area contributed by atoms with E-state index in [9.17, 15) is 4.79 Å². The van der Waals surface area contributed by atoms with Crippen LogP contribution in [0.4, 0.5) is 0 Å². The Balaban J connectivity index is 3.22. The van der Waals surface area contributed by atoms with Crippen LogP contribution in [0.3, 0.4) is 0 Å². The molecule has 1 unspecified atom stereocenters. The van der Waals surface area contributed by atoms with Crippen molar-refractivity contribution < 1.29 is 4.79 Å². The van der Waals surface area contributed by atoms with Gasteiger partial charge in [0, 0.05) is 13.1 Å². The van der Waals surface area contributed by atoms with Crippen molar-refractivity contribution in [1.82, 2.24) is 10.6 Å². The smallest absolute Gasteiger partial charge is 0.236 e. The number of carbonyl (C=O) groups is 1. The van der Waals surface area contributed by atoms with Gasteiger partial charge in [0.15, 0.2) is 0 Å². The van der Waals surface area contributed by atoms with Crippen LogP contribution in [0.2, 0.25) is 0 Å². The lowest BCUT2D eigenvalue weighted by Gasteiger charge is -2.06. The Morgan fingerprint density at radius 1 is 1.60 bits per heavy atom. The van der Waals surface area contributed by atoms with E-state index < -0.39 is 6.04 Å². The van der Waals surface area contributed by atoms with Gasteiger partial charge in [0.1, 0.15) is 0 Å². The van der Waals surface area contributed by atoms with E-state index in [0.717, 1.165) is 6.54 Å². The third kappa shape index (κ3) is 4.29. The Hall–Kier alpha value is -0.610. The van der Waals surface area contributed by atoms with Crippen molar-refractivity contribution in [2.24, 2.45) is 5.73 Å². The summed E-state index contributed by atoms with van der Waals surface area (Å²) in [5.74, 6) is -0.102. The summed E-state index contributed by atoms with van der Waals surface area (Å²) in [5, 5.41) is 5.56. The normalized spacial score (nSPS) is 12.7. The number of amides is 1. The number of likely N-dealkylation sites (N-methyl/N-ethyl adjacent to an activating group) is 1. The summed E-state index contributed by atoms with van der Waals surface area (Å²) in [4.78, 5) is 10.8. The molecule has 0 aliphatic rings. The van der Waals surface area contributed by atoms with Crippen LogP contribution in [0, 0.1) is 0 Å². The van der Waals surface area contributed by atoms with Crippen molar-refractivity contribution in [2.75, 3.05) is 20.1 Å². The van der Waals surface area contributed by atoms with E-state index in [1.54, 1.807) is 6.92 Å². The van der Waals surface area contributed by atoms with Gasteiger partial charge >= 0.3 is 0 Å². The number of hydrogen-bond donors (Lipinski definition) is 3. The molecule has 4 heteroatoms. The van der Waals surface area contributed by atoms with Crippen LogP contribution in [-0.2, 0) is 4.79 Å². The quantitative estimate of drug-likeness (QED) is 0.429. The van der Waals surface area contributed by atoms with E-state index in [2.05, 4.69) is 10.6 Å². The van der Waals surface area contributed by atoms with E-state index in [4.69, 9.17) is 5.73 Å². The van der Waals surface area contributed by atoms with E-state index >= 15 is 0 Å². The van der Waals surface area contributed by atoms with Crippen molar-refractivity contribution in [1.29, 1.82) is 0 Å². The molecule has 0 aliphatic heterocycles. The summed E-state index contributed by atoms with van der Waals surface area (Å²) >= 11 is 0. The third-order valence-electron chi connectivity index (χ3n) is 1.09. The van der Waals surface area contributed by atoms with Crippen LogP contribution in [0.5, 0.6) is 0 Å². The fourth-order valence-electron chi connectivity index (χ4n) is 0.472. The summed E-state index contributed by atoms with van der Waals surface area (Å²) in [7, 11) is 1.83. The van der Waals surface area contributed by atoms with Gasteiger partial charge in [-0.05, 0) is 14.0 Å². The second kappa shape index (κ2) is 5.20. The second-order valence-corrected chi connectivity index (χ2v) is 2.18. The molecule has 0 saturated heterocycles. The minimum atomic E-state index is -0.406. The highest BCUT2D eigenvalue weighted by molar-refractivity contribution is 5.80. The van der Waals surface area contributed by atoms with Crippen molar-refractivity contribution in [3.63, 3.8) is 0 Å². The number of hydrogen-bond acceptors (Lipinski definition) is 3. The molecular weight excluding hydrogens is 130 g/mol. The highest BCUT2D eigenvalue weighted by Gasteiger charge is 2.03. The molecule has 60 valence electrons. The first-order valence-electron chi connectivity index (χ1n) is 3.36. The maximum Gasteiger partial charge on any atom is 0.236 e. The average Bonchev–Trinajstić information content (AvgIpc) is 1.88. The molecule has 4 nitrogen and oxygen atoms in total. The average molecular weight is 145 g/mol. The van der Waals surface area contributed by atoms with Crippen LogP contribution >= 0.6 is 0 Å². The topological polar surface area (TPSA) is 67.1 Å². The van der Waals surface area contributed by atoms with Gasteiger partial charge in [0.25, 0.3) is 0 Å². The Morgan fingerprint density at radius 2 is 2.20 bits per heavy atom. The number of rotatable bonds is 4. The van der Waals surface area contributed by atoms with Gasteiger partial charge in [-0.1, -0.05) is 0 Å². The first-order valence-corrected chi connectivity index (χ1v) is 3.36. The summed E-state index contributed by atoms with van der Waals surface area (Å²) in [6.07, 6.45) is 0. The van der Waals surface area contributed by atoms with Crippen LogP contribution in [-0.4, -0.2) is 32.1 Å². The monoisotopic (exact) mass is 145 g/mol. The summed E-state index contributed by atoms with van der Waals surface area (Å²) in [6, 6.07) is -0.406. The predicted molar refractivity (Wildman–Crippen MR) is 40.6 cm³/mol. The molecule has 4 N–H and O–H groups in total. The first-order chi connectivity index (χ1) is 4.68. The van der Waals surface area contributed by atoms with Crippen LogP contribution < -0.4 is 16.4 Å². The van der Waals surface area contributed by atoms with Gasteiger partial charge < -0.3 is 16.4 Å². The van der Waals surface area contributed by atoms with Gasteiger partial charge in [0.2, 0.25) is 5.91 Å². The molecular formula is C6H15N3O. The lowest BCUT2D eigenvalue weighted by atomic mass is 10.3. The van der Waals surface area contributed by atoms with E-state index in [1.165, 1.54) is 0 Å². The van der Waals surface area contributed by atoms with Gasteiger partial charge in [-0.25, -0.2) is 0 Å². The van der Waals surface area contributed by atoms with Gasteiger partial charge in [-0.3, -0.25) is 4.79 Å². The molecule has 1 amide bonds. The van der Waals surface area contributed by atoms with E-state index in [1.807, 2.05) is 7.05 Å². The fourth-order valence-corrected chi connectivity index (χ4v) is 0.472. The maximum absolute atomic E-state index is 10.8. The molecule has 0 rings (SSSR count). The minimum Gasteiger partial charge on any atom is -0.353 e. The zero-order valence-corrected chi connectivity index (χ0v) is 6.48. The molecule has 0 aliphatic carbocycles. The number of nitrogens with two attached hydrogens (primary N) is 1. The van der Waals surface area contributed by atoms with E-state index in [0.29, 0.717) is 6.54 Å². The molecule has 10 heavy (non-hydrogen) atoms. The Morgan fingerprint density at radius 3 is 2.60 bits per heavy atom. The van der Waals surface area contributed by atoms with Crippen molar-refractivity contribution >= 4 is 5.91 Å². The maximum atomic E-state index is 10.8. The lowest BCUT2D eigenvalue weighted by molar-refractivity contribution is -0.121. The fraction of sp³-hybridized carbons (Fsp3) is 0.833. The third-order valence-corrected chi connectivity index (χ3v) is 1.09. The van der Waals surface area contributed by atoms with E-state index in [-0.39, 0.29) is 5.91 Å². The van der Waals surface area contributed by atoms with Crippen molar-refractivity contribution in [3.05, 3.63) is 0 Å². The molecule has 1 atom stereocenters. The molecule has 0 saturated carbocycles. The van der Waals surface area contributed by atoms with Gasteiger partial charge in [-0.15, -0.1) is 0 Å². The SMILES string of the molecule is CNCCNC(=O)C(C)N. The zero-order chi connectivity index (χ0) is 7.98. The van der Waals surface area contributed by atoms with Crippen molar-refractivity contribution in [2.45, 2.75) is 13.0 Å². The standard InChI is InChI=1S/C6H15N3O/c1-5(7)6(10)9-4-3-8-2/h5,8H,3-4,7H2,1-2H3,(H,9,10). The minimum absolute atomic E-state index is 0.102. The first kappa shape index (κ1) is 9.39. The largest absolute Gasteiger partial charge is 0.353 e. The summed E-state index contributed by atoms with van der Waals surface area (Å²) < 4.78 is 0. The second-order valence-electron chi connectivity index (χ2n) is 2.18. The van der Waals surface area contributed by atoms with Crippen LogP contribution in [0.1, 0.15) is 6.92 Å². The molecule has 0 fully saturated rings. The molecule has 0 heterocycles. The molecule has 0 aromatic carbocycles. The zero-order valence-electron chi connectivity index (χ0n) is 6.48. The van der Waals surface area contributed by atoms with Gasteiger partial charge in [0.05, 0.1) is 6.04 Å². The molecule has 0 aromatic rings. The van der Waals surface area contributed by atoms with Crippen LogP contribution in [0.25, 0.3) is 0 Å². The van der Waals surface area contributed by atoms with Crippen molar-refractivity contribution in [3.8, 4) is 0 Å². The molecule has 0 bridgehead atoms. The summed E-state index contributed by atoms with van der Waals surface area (Å²) in [6.45, 7) is 3.07. The summed E-state index contributed by atoms with van der Waals surface area (Å²) in [5.41, 5.74) is 5.29. The number of carbonyl (C=O) groups excluding carboxylic acids is 1. The molecule has 0 radical (unpaired) electrons. The highest BCUT2D eigenvalue weighted by atomic mass is 16.2. The molecule has 0 aromatic heterocycles. The highest BCUT2D eigenvalue weighted by Crippen LogP contribution is 1.72. The number of nitrogens with one attached hydrogen (secondary N) is 2. The Bertz CT molecular complexity index is 103. The van der Waals surface area contributed by atoms with Gasteiger partial charge in [-0.2, -0.15) is 0 Å². The van der Waals surface area contributed by atoms with Crippen LogP contribution in [0.15, 0.2) is 0 Å². The Kier molecular flexibility index (Phi) is 4.88. The Labute approximate surface area is 61.2 Å².